The summed E-state index contributed by atoms with van der Waals surface area (Å²) in [5, 5.41) is 26.4. The van der Waals surface area contributed by atoms with Gasteiger partial charge in [-0.3, -0.25) is 0 Å². The quantitative estimate of drug-likeness (QED) is 0.625. The Morgan fingerprint density at radius 1 is 1.40 bits per heavy atom. The Labute approximate surface area is 96.5 Å². The van der Waals surface area contributed by atoms with Crippen molar-refractivity contribution in [1.29, 1.82) is 5.26 Å². The maximum absolute atomic E-state index is 9.07. The highest BCUT2D eigenvalue weighted by molar-refractivity contribution is 7.99. The smallest absolute Gasteiger partial charge is 0.0861 e. The van der Waals surface area contributed by atoms with Crippen LogP contribution in [0.1, 0.15) is 33.1 Å². The molecular formula is C11H21NO2S. The molecule has 4 heteroatoms. The Bertz CT molecular complexity index is 201. The van der Waals surface area contributed by atoms with Gasteiger partial charge in [0.05, 0.1) is 24.2 Å². The fraction of sp³-hybridized carbons (Fsp3) is 0.909. The largest absolute Gasteiger partial charge is 0.394 e. The van der Waals surface area contributed by atoms with E-state index in [0.717, 1.165) is 25.0 Å². The van der Waals surface area contributed by atoms with Gasteiger partial charge in [-0.25, -0.2) is 0 Å². The number of nitrogens with zero attached hydrogens (tertiary/aromatic N) is 1. The van der Waals surface area contributed by atoms with E-state index in [4.69, 9.17) is 15.5 Å². The molecule has 2 N–H and O–H groups in total. The van der Waals surface area contributed by atoms with Crippen molar-refractivity contribution < 1.29 is 10.2 Å². The monoisotopic (exact) mass is 231 g/mol. The van der Waals surface area contributed by atoms with Crippen LogP contribution >= 0.6 is 11.8 Å². The third-order valence-corrected chi connectivity index (χ3v) is 3.36. The summed E-state index contributed by atoms with van der Waals surface area (Å²) in [6.45, 7) is 3.75. The molecular weight excluding hydrogens is 210 g/mol. The van der Waals surface area contributed by atoms with Gasteiger partial charge in [-0.2, -0.15) is 17.0 Å². The molecule has 1 atom stereocenters. The Kier molecular flexibility index (Phi) is 7.85. The molecule has 0 aromatic rings. The zero-order valence-electron chi connectivity index (χ0n) is 9.57. The normalized spacial score (nSPS) is 13.5. The van der Waals surface area contributed by atoms with Crippen LogP contribution in [-0.2, 0) is 0 Å². The van der Waals surface area contributed by atoms with Gasteiger partial charge in [-0.1, -0.05) is 6.42 Å². The Morgan fingerprint density at radius 3 is 2.60 bits per heavy atom. The van der Waals surface area contributed by atoms with Crippen molar-refractivity contribution in [2.45, 2.75) is 39.2 Å². The summed E-state index contributed by atoms with van der Waals surface area (Å²) < 4.78 is 0. The molecule has 15 heavy (non-hydrogen) atoms. The first-order valence-corrected chi connectivity index (χ1v) is 6.45. The van der Waals surface area contributed by atoms with Crippen molar-refractivity contribution in [3.05, 3.63) is 0 Å². The Morgan fingerprint density at radius 2 is 2.07 bits per heavy atom. The summed E-state index contributed by atoms with van der Waals surface area (Å²) >= 11 is 1.65. The van der Waals surface area contributed by atoms with Crippen LogP contribution in [0.5, 0.6) is 0 Å². The summed E-state index contributed by atoms with van der Waals surface area (Å²) in [5.41, 5.74) is -0.213. The van der Waals surface area contributed by atoms with Crippen LogP contribution in [0.25, 0.3) is 0 Å². The zero-order valence-corrected chi connectivity index (χ0v) is 10.4. The number of aliphatic hydroxyl groups excluding tert-OH is 2. The second-order valence-electron chi connectivity index (χ2n) is 4.36. The van der Waals surface area contributed by atoms with E-state index < -0.39 is 6.10 Å². The van der Waals surface area contributed by atoms with Gasteiger partial charge in [0.15, 0.2) is 0 Å². The zero-order chi connectivity index (χ0) is 11.7. The van der Waals surface area contributed by atoms with Crippen molar-refractivity contribution in [3.8, 4) is 6.07 Å². The van der Waals surface area contributed by atoms with Gasteiger partial charge in [-0.15, -0.1) is 0 Å². The summed E-state index contributed by atoms with van der Waals surface area (Å²) in [7, 11) is 0. The van der Waals surface area contributed by atoms with Crippen LogP contribution in [-0.4, -0.2) is 34.4 Å². The summed E-state index contributed by atoms with van der Waals surface area (Å²) in [6.07, 6.45) is 2.44. The third kappa shape index (κ3) is 8.73. The van der Waals surface area contributed by atoms with Crippen LogP contribution in [0.3, 0.4) is 0 Å². The standard InChI is InChI=1S/C11H21NO2S/c1-11(2,9-12)5-3-4-6-15-8-10(14)7-13/h10,13-14H,3-8H2,1-2H3. The van der Waals surface area contributed by atoms with Gasteiger partial charge in [-0.05, 0) is 32.4 Å². The minimum Gasteiger partial charge on any atom is -0.394 e. The van der Waals surface area contributed by atoms with Crippen molar-refractivity contribution in [3.63, 3.8) is 0 Å². The van der Waals surface area contributed by atoms with E-state index >= 15 is 0 Å². The van der Waals surface area contributed by atoms with E-state index in [1.165, 1.54) is 0 Å². The number of hydrogen-bond donors (Lipinski definition) is 2. The van der Waals surface area contributed by atoms with Crippen LogP contribution in [0.4, 0.5) is 0 Å². The SMILES string of the molecule is CC(C)(C#N)CCCCSCC(O)CO. The lowest BCUT2D eigenvalue weighted by Crippen LogP contribution is -2.15. The molecule has 0 aromatic carbocycles. The number of rotatable bonds is 8. The van der Waals surface area contributed by atoms with Crippen LogP contribution < -0.4 is 0 Å². The number of unbranched alkanes of at least 4 members (excludes halogenated alkanes) is 1. The second-order valence-corrected chi connectivity index (χ2v) is 5.51. The first-order chi connectivity index (χ1) is 7.02. The fourth-order valence-electron chi connectivity index (χ4n) is 1.10. The topological polar surface area (TPSA) is 64.2 Å². The fourth-order valence-corrected chi connectivity index (χ4v) is 2.05. The van der Waals surface area contributed by atoms with Gasteiger partial charge >= 0.3 is 0 Å². The molecule has 0 fully saturated rings. The van der Waals surface area contributed by atoms with Crippen LogP contribution in [0, 0.1) is 16.7 Å². The first-order valence-electron chi connectivity index (χ1n) is 5.30. The molecule has 0 spiro atoms. The number of aliphatic hydroxyl groups is 2. The Balaban J connectivity index is 3.30. The predicted octanol–water partition coefficient (Wildman–Crippen LogP) is 1.79. The molecule has 0 aliphatic heterocycles. The summed E-state index contributed by atoms with van der Waals surface area (Å²) in [4.78, 5) is 0. The van der Waals surface area contributed by atoms with E-state index in [1.807, 2.05) is 13.8 Å². The first kappa shape index (κ1) is 14.8. The molecule has 0 rings (SSSR count). The van der Waals surface area contributed by atoms with E-state index in [0.29, 0.717) is 5.75 Å². The molecule has 0 aliphatic rings. The van der Waals surface area contributed by atoms with Gasteiger partial charge < -0.3 is 10.2 Å². The molecule has 88 valence electrons. The second kappa shape index (κ2) is 7.98. The maximum Gasteiger partial charge on any atom is 0.0861 e. The van der Waals surface area contributed by atoms with E-state index in [-0.39, 0.29) is 12.0 Å². The predicted molar refractivity (Wildman–Crippen MR) is 63.7 cm³/mol. The highest BCUT2D eigenvalue weighted by Gasteiger charge is 2.15. The van der Waals surface area contributed by atoms with Gasteiger partial charge in [0.25, 0.3) is 0 Å². The lowest BCUT2D eigenvalue weighted by Gasteiger charge is -2.14. The minimum atomic E-state index is -0.592. The lowest BCUT2D eigenvalue weighted by molar-refractivity contribution is 0.113. The summed E-state index contributed by atoms with van der Waals surface area (Å²) in [5.74, 6) is 1.58. The van der Waals surface area contributed by atoms with Crippen LogP contribution in [0.2, 0.25) is 0 Å². The van der Waals surface area contributed by atoms with Crippen molar-refractivity contribution >= 4 is 11.8 Å². The van der Waals surface area contributed by atoms with Crippen molar-refractivity contribution in [2.75, 3.05) is 18.1 Å². The number of nitriles is 1. The molecule has 1 unspecified atom stereocenters. The molecule has 0 bridgehead atoms. The average molecular weight is 231 g/mol. The van der Waals surface area contributed by atoms with Crippen molar-refractivity contribution in [1.82, 2.24) is 0 Å². The van der Waals surface area contributed by atoms with Gasteiger partial charge in [0, 0.05) is 5.75 Å². The lowest BCUT2D eigenvalue weighted by atomic mass is 9.89. The van der Waals surface area contributed by atoms with E-state index in [1.54, 1.807) is 11.8 Å². The number of thioether (sulfide) groups is 1. The number of hydrogen-bond acceptors (Lipinski definition) is 4. The third-order valence-electron chi connectivity index (χ3n) is 2.16. The summed E-state index contributed by atoms with van der Waals surface area (Å²) in [6, 6.07) is 2.28. The molecule has 3 nitrogen and oxygen atoms in total. The molecule has 0 amide bonds. The Hall–Kier alpha value is -0.240. The van der Waals surface area contributed by atoms with Gasteiger partial charge in [0.2, 0.25) is 0 Å². The molecule has 0 heterocycles. The van der Waals surface area contributed by atoms with E-state index in [2.05, 4.69) is 6.07 Å². The average Bonchev–Trinajstić information content (AvgIpc) is 2.22. The van der Waals surface area contributed by atoms with Crippen molar-refractivity contribution in [2.24, 2.45) is 5.41 Å². The molecule has 0 aromatic heterocycles. The molecule has 0 aliphatic carbocycles. The minimum absolute atomic E-state index is 0.158. The molecule has 0 saturated carbocycles. The van der Waals surface area contributed by atoms with E-state index in [9.17, 15) is 0 Å². The van der Waals surface area contributed by atoms with Crippen LogP contribution in [0.15, 0.2) is 0 Å². The molecule has 0 saturated heterocycles. The highest BCUT2D eigenvalue weighted by atomic mass is 32.2. The van der Waals surface area contributed by atoms with Gasteiger partial charge in [0.1, 0.15) is 0 Å². The molecule has 0 radical (unpaired) electrons. The highest BCUT2D eigenvalue weighted by Crippen LogP contribution is 2.22. The maximum atomic E-state index is 9.07.